The zero-order valence-corrected chi connectivity index (χ0v) is 11.8. The van der Waals surface area contributed by atoms with Gasteiger partial charge in [0, 0.05) is 0 Å². The molecule has 0 aromatic heterocycles. The van der Waals surface area contributed by atoms with Crippen LogP contribution in [0.2, 0.25) is 0 Å². The Labute approximate surface area is 113 Å². The lowest BCUT2D eigenvalue weighted by Crippen LogP contribution is -2.02. The maximum absolute atomic E-state index is 11.4. The largest absolute Gasteiger partial charge is 0.497 e. The molecule has 1 atom stereocenters. The fourth-order valence-corrected chi connectivity index (χ4v) is 2.23. The molecule has 0 radical (unpaired) electrons. The highest BCUT2D eigenvalue weighted by atomic mass is 31.1. The highest BCUT2D eigenvalue weighted by Crippen LogP contribution is 2.33. The molecule has 2 aromatic carbocycles. The van der Waals surface area contributed by atoms with Crippen molar-refractivity contribution >= 4 is 20.0 Å². The minimum Gasteiger partial charge on any atom is -0.497 e. The molecule has 19 heavy (non-hydrogen) atoms. The van der Waals surface area contributed by atoms with E-state index in [1.165, 1.54) is 0 Å². The van der Waals surface area contributed by atoms with Gasteiger partial charge in [0.05, 0.1) is 25.6 Å². The Bertz CT molecular complexity index is 492. The number of ether oxygens (including phenoxy) is 2. The van der Waals surface area contributed by atoms with Gasteiger partial charge in [0.25, 0.3) is 0 Å². The molecular weight excluding hydrogens is 261 g/mol. The second-order valence-corrected chi connectivity index (χ2v) is 4.45. The SMILES string of the molecule is COc1ccc(N([PH+]=O)c2ccc(OC)cc2)cc1. The van der Waals surface area contributed by atoms with Crippen LogP contribution in [0.1, 0.15) is 0 Å². The van der Waals surface area contributed by atoms with Gasteiger partial charge in [-0.05, 0) is 53.1 Å². The first kappa shape index (κ1) is 13.4. The van der Waals surface area contributed by atoms with E-state index in [0.29, 0.717) is 0 Å². The molecule has 0 aliphatic heterocycles. The molecular formula is C14H15NO3P+. The number of hydrogen-bond donors (Lipinski definition) is 0. The summed E-state index contributed by atoms with van der Waals surface area (Å²) >= 11 is 0. The van der Waals surface area contributed by atoms with Gasteiger partial charge in [-0.2, -0.15) is 0 Å². The Morgan fingerprint density at radius 1 is 0.789 bits per heavy atom. The summed E-state index contributed by atoms with van der Waals surface area (Å²) in [4.78, 5) is 0. The van der Waals surface area contributed by atoms with Crippen molar-refractivity contribution in [1.82, 2.24) is 0 Å². The maximum atomic E-state index is 11.4. The highest BCUT2D eigenvalue weighted by molar-refractivity contribution is 7.26. The summed E-state index contributed by atoms with van der Waals surface area (Å²) in [5.74, 6) is 1.54. The third-order valence-electron chi connectivity index (χ3n) is 2.75. The van der Waals surface area contributed by atoms with Gasteiger partial charge >= 0.3 is 8.61 Å². The van der Waals surface area contributed by atoms with Crippen molar-refractivity contribution in [2.24, 2.45) is 0 Å². The van der Waals surface area contributed by atoms with E-state index in [1.54, 1.807) is 18.9 Å². The lowest BCUT2D eigenvalue weighted by atomic mass is 10.2. The van der Waals surface area contributed by atoms with Crippen molar-refractivity contribution in [3.05, 3.63) is 48.5 Å². The summed E-state index contributed by atoms with van der Waals surface area (Å²) in [6.45, 7) is 0. The lowest BCUT2D eigenvalue weighted by Gasteiger charge is -2.11. The van der Waals surface area contributed by atoms with Gasteiger partial charge in [0.15, 0.2) is 0 Å². The quantitative estimate of drug-likeness (QED) is 0.779. The summed E-state index contributed by atoms with van der Waals surface area (Å²) in [5, 5.41) is 0. The van der Waals surface area contributed by atoms with E-state index in [4.69, 9.17) is 9.47 Å². The van der Waals surface area contributed by atoms with Crippen LogP contribution in [0, 0.1) is 0 Å². The zero-order valence-electron chi connectivity index (χ0n) is 10.8. The molecule has 0 bridgehead atoms. The van der Waals surface area contributed by atoms with Crippen molar-refractivity contribution in [3.8, 4) is 11.5 Å². The third-order valence-corrected chi connectivity index (χ3v) is 3.45. The van der Waals surface area contributed by atoms with Crippen LogP contribution in [0.3, 0.4) is 0 Å². The van der Waals surface area contributed by atoms with E-state index in [9.17, 15) is 4.57 Å². The van der Waals surface area contributed by atoms with Gasteiger partial charge in [-0.1, -0.05) is 0 Å². The molecule has 0 fully saturated rings. The molecule has 0 aliphatic carbocycles. The maximum Gasteiger partial charge on any atom is 0.453 e. The van der Waals surface area contributed by atoms with E-state index in [1.807, 2.05) is 48.5 Å². The monoisotopic (exact) mass is 276 g/mol. The van der Waals surface area contributed by atoms with Gasteiger partial charge in [-0.3, -0.25) is 0 Å². The fraction of sp³-hybridized carbons (Fsp3) is 0.143. The molecule has 2 aromatic rings. The molecule has 5 heteroatoms. The number of nitrogens with zero attached hydrogens (tertiary/aromatic N) is 1. The van der Waals surface area contributed by atoms with Crippen LogP contribution >= 0.6 is 8.61 Å². The number of benzene rings is 2. The molecule has 0 saturated heterocycles. The van der Waals surface area contributed by atoms with Crippen LogP contribution < -0.4 is 14.1 Å². The molecule has 0 spiro atoms. The van der Waals surface area contributed by atoms with Crippen LogP contribution in [0.25, 0.3) is 0 Å². The molecule has 1 unspecified atom stereocenters. The Balaban J connectivity index is 2.29. The second-order valence-electron chi connectivity index (χ2n) is 3.82. The molecule has 0 N–H and O–H groups in total. The van der Waals surface area contributed by atoms with Gasteiger partial charge < -0.3 is 9.47 Å². The van der Waals surface area contributed by atoms with Gasteiger partial charge in [0.2, 0.25) is 0 Å². The Kier molecular flexibility index (Phi) is 4.37. The summed E-state index contributed by atoms with van der Waals surface area (Å²) < 4.78 is 23.4. The number of methoxy groups -OCH3 is 2. The van der Waals surface area contributed by atoms with Crippen LogP contribution in [-0.2, 0) is 4.57 Å². The van der Waals surface area contributed by atoms with Crippen molar-refractivity contribution < 1.29 is 14.0 Å². The summed E-state index contributed by atoms with van der Waals surface area (Å²) in [6.07, 6.45) is 0. The summed E-state index contributed by atoms with van der Waals surface area (Å²) in [6, 6.07) is 14.8. The van der Waals surface area contributed by atoms with E-state index in [-0.39, 0.29) is 0 Å². The number of rotatable bonds is 5. The predicted molar refractivity (Wildman–Crippen MR) is 77.1 cm³/mol. The normalized spacial score (nSPS) is 10.2. The van der Waals surface area contributed by atoms with Gasteiger partial charge in [-0.15, -0.1) is 4.67 Å². The molecule has 0 aliphatic rings. The van der Waals surface area contributed by atoms with Crippen molar-refractivity contribution in [2.45, 2.75) is 0 Å². The molecule has 4 nitrogen and oxygen atoms in total. The first-order valence-corrected chi connectivity index (χ1v) is 6.60. The molecule has 2 rings (SSSR count). The third kappa shape index (κ3) is 3.04. The van der Waals surface area contributed by atoms with E-state index < -0.39 is 8.61 Å². The number of anilines is 2. The minimum absolute atomic E-state index is 0.600. The van der Waals surface area contributed by atoms with Gasteiger partial charge in [0.1, 0.15) is 11.5 Å². The Morgan fingerprint density at radius 2 is 1.16 bits per heavy atom. The highest BCUT2D eigenvalue weighted by Gasteiger charge is 2.15. The van der Waals surface area contributed by atoms with E-state index in [2.05, 4.69) is 0 Å². The van der Waals surface area contributed by atoms with Crippen LogP contribution in [0.4, 0.5) is 11.4 Å². The molecule has 0 heterocycles. The lowest BCUT2D eigenvalue weighted by molar-refractivity contribution is 0.415. The minimum atomic E-state index is -0.600. The van der Waals surface area contributed by atoms with Crippen LogP contribution in [-0.4, -0.2) is 14.2 Å². The van der Waals surface area contributed by atoms with Crippen molar-refractivity contribution in [1.29, 1.82) is 0 Å². The fourth-order valence-electron chi connectivity index (χ4n) is 1.72. The standard InChI is InChI=1S/C14H14NO3P/c1-17-13-7-3-11(4-8-13)15(19-16)12-5-9-14(18-2)10-6-12/h3-10H,1-2H3/p+1. The molecule has 0 saturated carbocycles. The first-order chi connectivity index (χ1) is 9.28. The Morgan fingerprint density at radius 3 is 1.42 bits per heavy atom. The van der Waals surface area contributed by atoms with Crippen LogP contribution in [0.15, 0.2) is 48.5 Å². The topological polar surface area (TPSA) is 38.8 Å². The second kappa shape index (κ2) is 6.21. The summed E-state index contributed by atoms with van der Waals surface area (Å²) in [7, 11) is 2.63. The number of hydrogen-bond acceptors (Lipinski definition) is 3. The van der Waals surface area contributed by atoms with E-state index >= 15 is 0 Å². The van der Waals surface area contributed by atoms with Crippen LogP contribution in [0.5, 0.6) is 11.5 Å². The van der Waals surface area contributed by atoms with Crippen molar-refractivity contribution in [2.75, 3.05) is 18.9 Å². The van der Waals surface area contributed by atoms with Gasteiger partial charge in [-0.25, -0.2) is 0 Å². The predicted octanol–water partition coefficient (Wildman–Crippen LogP) is 3.78. The summed E-state index contributed by atoms with van der Waals surface area (Å²) in [5.41, 5.74) is 1.69. The average Bonchev–Trinajstić information content (AvgIpc) is 2.49. The first-order valence-electron chi connectivity index (χ1n) is 5.74. The molecule has 0 amide bonds. The molecule has 98 valence electrons. The smallest absolute Gasteiger partial charge is 0.453 e. The average molecular weight is 276 g/mol. The Hall–Kier alpha value is -2.06. The van der Waals surface area contributed by atoms with E-state index in [0.717, 1.165) is 22.9 Å². The van der Waals surface area contributed by atoms with Crippen molar-refractivity contribution in [3.63, 3.8) is 0 Å². The zero-order chi connectivity index (χ0) is 13.7.